The molecule has 3 nitrogen and oxygen atoms in total. The smallest absolute Gasteiger partial charge is 0.202 e. The van der Waals surface area contributed by atoms with Crippen LogP contribution in [0, 0.1) is 6.23 Å². The summed E-state index contributed by atoms with van der Waals surface area (Å²) in [5, 5.41) is 2.83. The second-order valence-electron chi connectivity index (χ2n) is 1.33. The highest BCUT2D eigenvalue weighted by atomic mass is 17.2. The second-order valence-corrected chi connectivity index (χ2v) is 1.33. The normalized spacial score (nSPS) is 23.6. The summed E-state index contributed by atoms with van der Waals surface area (Å²) in [7, 11) is 1.81. The third kappa shape index (κ3) is 1.12. The molecule has 0 aromatic carbocycles. The summed E-state index contributed by atoms with van der Waals surface area (Å²) in [6.45, 7) is 0.677. The molecule has 1 rings (SSSR count). The van der Waals surface area contributed by atoms with E-state index in [1.807, 2.05) is 7.05 Å². The quantitative estimate of drug-likeness (QED) is 0.474. The molecule has 0 bridgehead atoms. The van der Waals surface area contributed by atoms with Gasteiger partial charge in [-0.3, -0.25) is 5.32 Å². The maximum Gasteiger partial charge on any atom is 0.202 e. The molecule has 0 saturated carbocycles. The van der Waals surface area contributed by atoms with Crippen LogP contribution in [-0.4, -0.2) is 13.7 Å². The van der Waals surface area contributed by atoms with Gasteiger partial charge in [0, 0.05) is 6.42 Å². The SMILES string of the molecule is CN[C]1CCOO1. The topological polar surface area (TPSA) is 30.5 Å². The third-order valence-electron chi connectivity index (χ3n) is 0.851. The van der Waals surface area contributed by atoms with Crippen LogP contribution in [0.15, 0.2) is 0 Å². The van der Waals surface area contributed by atoms with Gasteiger partial charge in [-0.1, -0.05) is 0 Å². The van der Waals surface area contributed by atoms with Crippen molar-refractivity contribution in [1.29, 1.82) is 0 Å². The first-order chi connectivity index (χ1) is 3.43. The predicted molar refractivity (Wildman–Crippen MR) is 24.0 cm³/mol. The Balaban J connectivity index is 2.14. The number of rotatable bonds is 1. The number of hydrogen-bond acceptors (Lipinski definition) is 3. The minimum atomic E-state index is 0.677. The zero-order valence-electron chi connectivity index (χ0n) is 4.23. The lowest BCUT2D eigenvalue weighted by molar-refractivity contribution is -0.247. The summed E-state index contributed by atoms with van der Waals surface area (Å²) >= 11 is 0. The van der Waals surface area contributed by atoms with Crippen molar-refractivity contribution in [3.05, 3.63) is 6.23 Å². The van der Waals surface area contributed by atoms with Crippen molar-refractivity contribution < 1.29 is 9.78 Å². The Kier molecular flexibility index (Phi) is 1.62. The van der Waals surface area contributed by atoms with Gasteiger partial charge in [0.2, 0.25) is 6.23 Å². The third-order valence-corrected chi connectivity index (χ3v) is 0.851. The van der Waals surface area contributed by atoms with E-state index < -0.39 is 0 Å². The summed E-state index contributed by atoms with van der Waals surface area (Å²) in [6, 6.07) is 0. The molecule has 0 amide bonds. The highest BCUT2D eigenvalue weighted by Crippen LogP contribution is 2.10. The summed E-state index contributed by atoms with van der Waals surface area (Å²) in [6.07, 6.45) is 1.69. The summed E-state index contributed by atoms with van der Waals surface area (Å²) < 4.78 is 0. The molecule has 1 fully saturated rings. The maximum atomic E-state index is 4.61. The van der Waals surface area contributed by atoms with Gasteiger partial charge in [-0.05, 0) is 7.05 Å². The van der Waals surface area contributed by atoms with Crippen molar-refractivity contribution in [2.24, 2.45) is 0 Å². The fraction of sp³-hybridized carbons (Fsp3) is 0.750. The van der Waals surface area contributed by atoms with Crippen LogP contribution in [0.3, 0.4) is 0 Å². The Morgan fingerprint density at radius 3 is 2.86 bits per heavy atom. The molecule has 1 aliphatic heterocycles. The standard InChI is InChI=1S/C4H8NO2/c1-5-4-2-3-6-7-4/h5H,2-3H2,1H3. The van der Waals surface area contributed by atoms with E-state index >= 15 is 0 Å². The van der Waals surface area contributed by atoms with E-state index in [0.717, 1.165) is 12.6 Å². The Morgan fingerprint density at radius 1 is 1.71 bits per heavy atom. The van der Waals surface area contributed by atoms with Gasteiger partial charge in [0.15, 0.2) is 0 Å². The molecule has 1 saturated heterocycles. The molecule has 0 aromatic heterocycles. The Hall–Kier alpha value is -0.120. The highest BCUT2D eigenvalue weighted by Gasteiger charge is 2.15. The summed E-state index contributed by atoms with van der Waals surface area (Å²) in [5.41, 5.74) is 0. The number of hydrogen-bond donors (Lipinski definition) is 1. The van der Waals surface area contributed by atoms with E-state index in [0.29, 0.717) is 6.61 Å². The zero-order valence-corrected chi connectivity index (χ0v) is 4.23. The van der Waals surface area contributed by atoms with Gasteiger partial charge in [-0.15, -0.1) is 0 Å². The van der Waals surface area contributed by atoms with E-state index in [2.05, 4.69) is 15.1 Å². The van der Waals surface area contributed by atoms with E-state index in [-0.39, 0.29) is 0 Å². The first-order valence-electron chi connectivity index (χ1n) is 2.26. The van der Waals surface area contributed by atoms with Crippen molar-refractivity contribution in [2.45, 2.75) is 6.42 Å². The molecule has 0 unspecified atom stereocenters. The first kappa shape index (κ1) is 5.03. The molecule has 41 valence electrons. The molecule has 0 spiro atoms. The first-order valence-corrected chi connectivity index (χ1v) is 2.26. The predicted octanol–water partition coefficient (Wildman–Crippen LogP) is 0.0472. The van der Waals surface area contributed by atoms with Crippen LogP contribution in [0.2, 0.25) is 0 Å². The molecule has 1 N–H and O–H groups in total. The van der Waals surface area contributed by atoms with Crippen molar-refractivity contribution in [2.75, 3.05) is 13.7 Å². The number of nitrogens with one attached hydrogen (secondary N) is 1. The monoisotopic (exact) mass is 102 g/mol. The molecule has 0 aromatic rings. The maximum absolute atomic E-state index is 4.61. The molecule has 1 radical (unpaired) electrons. The van der Waals surface area contributed by atoms with Crippen LogP contribution in [0.4, 0.5) is 0 Å². The van der Waals surface area contributed by atoms with Crippen LogP contribution in [0.1, 0.15) is 6.42 Å². The lowest BCUT2D eigenvalue weighted by Crippen LogP contribution is -2.13. The Labute approximate surface area is 42.5 Å². The molecule has 1 aliphatic rings. The van der Waals surface area contributed by atoms with Crippen molar-refractivity contribution >= 4 is 0 Å². The van der Waals surface area contributed by atoms with E-state index in [9.17, 15) is 0 Å². The highest BCUT2D eigenvalue weighted by molar-refractivity contribution is 4.72. The fourth-order valence-corrected chi connectivity index (χ4v) is 0.455. The minimum Gasteiger partial charge on any atom is -0.286 e. The molecule has 3 heteroatoms. The summed E-state index contributed by atoms with van der Waals surface area (Å²) in [4.78, 5) is 9.16. The van der Waals surface area contributed by atoms with E-state index in [1.165, 1.54) is 0 Å². The van der Waals surface area contributed by atoms with E-state index in [1.54, 1.807) is 0 Å². The lowest BCUT2D eigenvalue weighted by Gasteiger charge is -1.98. The summed E-state index contributed by atoms with van der Waals surface area (Å²) in [5.74, 6) is 0. The van der Waals surface area contributed by atoms with Gasteiger partial charge in [-0.25, -0.2) is 9.78 Å². The van der Waals surface area contributed by atoms with Gasteiger partial charge in [-0.2, -0.15) is 0 Å². The fourth-order valence-electron chi connectivity index (χ4n) is 0.455. The van der Waals surface area contributed by atoms with Crippen LogP contribution >= 0.6 is 0 Å². The molecule has 1 heterocycles. The zero-order chi connectivity index (χ0) is 5.11. The average molecular weight is 102 g/mol. The minimum absolute atomic E-state index is 0.677. The molecule has 7 heavy (non-hydrogen) atoms. The lowest BCUT2D eigenvalue weighted by atomic mass is 10.4. The Morgan fingerprint density at radius 2 is 2.57 bits per heavy atom. The molecule has 0 aliphatic carbocycles. The second kappa shape index (κ2) is 2.26. The van der Waals surface area contributed by atoms with Gasteiger partial charge in [0.25, 0.3) is 0 Å². The molecular weight excluding hydrogens is 94.0 g/mol. The van der Waals surface area contributed by atoms with Crippen LogP contribution in [0.5, 0.6) is 0 Å². The van der Waals surface area contributed by atoms with Crippen LogP contribution in [0.25, 0.3) is 0 Å². The van der Waals surface area contributed by atoms with Crippen LogP contribution < -0.4 is 5.32 Å². The largest absolute Gasteiger partial charge is 0.286 e. The van der Waals surface area contributed by atoms with Crippen LogP contribution in [-0.2, 0) is 9.78 Å². The van der Waals surface area contributed by atoms with Gasteiger partial charge in [0.1, 0.15) is 0 Å². The van der Waals surface area contributed by atoms with Gasteiger partial charge in [0.05, 0.1) is 6.61 Å². The van der Waals surface area contributed by atoms with E-state index in [4.69, 9.17) is 0 Å². The van der Waals surface area contributed by atoms with Gasteiger partial charge >= 0.3 is 0 Å². The average Bonchev–Trinajstić information content (AvgIpc) is 2.14. The van der Waals surface area contributed by atoms with Crippen molar-refractivity contribution in [1.82, 2.24) is 5.32 Å². The molecular formula is C4H8NO2. The van der Waals surface area contributed by atoms with Crippen molar-refractivity contribution in [3.8, 4) is 0 Å². The van der Waals surface area contributed by atoms with Gasteiger partial charge < -0.3 is 0 Å². The molecule has 0 atom stereocenters. The van der Waals surface area contributed by atoms with Crippen molar-refractivity contribution in [3.63, 3.8) is 0 Å². The Bertz CT molecular complexity index is 51.7.